The molecule has 6 heteroatoms. The van der Waals surface area contributed by atoms with Gasteiger partial charge in [-0.05, 0) is 62.4 Å². The first-order chi connectivity index (χ1) is 11.3. The van der Waals surface area contributed by atoms with Crippen molar-refractivity contribution in [3.05, 3.63) is 27.3 Å². The van der Waals surface area contributed by atoms with Crippen molar-refractivity contribution in [2.24, 2.45) is 0 Å². The van der Waals surface area contributed by atoms with Crippen molar-refractivity contribution in [1.82, 2.24) is 10.2 Å². The summed E-state index contributed by atoms with van der Waals surface area (Å²) in [6.07, 6.45) is 0.442. The van der Waals surface area contributed by atoms with Crippen LogP contribution in [0.4, 0.5) is 0 Å². The number of methoxy groups -OCH3 is 1. The average molecular weight is 446 g/mol. The van der Waals surface area contributed by atoms with Gasteiger partial charge in [0.05, 0.1) is 28.5 Å². The van der Waals surface area contributed by atoms with Crippen molar-refractivity contribution >= 4 is 28.5 Å². The van der Waals surface area contributed by atoms with Crippen LogP contribution in [0.15, 0.2) is 18.2 Å². The van der Waals surface area contributed by atoms with E-state index in [0.29, 0.717) is 5.56 Å². The molecule has 1 aliphatic rings. The van der Waals surface area contributed by atoms with E-state index in [1.54, 1.807) is 7.11 Å². The molecule has 4 atom stereocenters. The number of morpholine rings is 1. The van der Waals surface area contributed by atoms with Crippen molar-refractivity contribution in [1.29, 1.82) is 0 Å². The van der Waals surface area contributed by atoms with Crippen LogP contribution in [0.25, 0.3) is 0 Å². The minimum atomic E-state index is -0.0630. The minimum absolute atomic E-state index is 0.0389. The van der Waals surface area contributed by atoms with E-state index in [1.807, 2.05) is 18.2 Å². The minimum Gasteiger partial charge on any atom is -0.496 e. The second-order valence-electron chi connectivity index (χ2n) is 6.54. The number of nitrogens with zero attached hydrogens (tertiary/aromatic N) is 1. The highest BCUT2D eigenvalue weighted by Gasteiger charge is 2.29. The van der Waals surface area contributed by atoms with E-state index in [9.17, 15) is 4.79 Å². The Morgan fingerprint density at radius 1 is 1.33 bits per heavy atom. The number of carbonyl (C=O) groups excluding carboxylic acids is 1. The fourth-order valence-corrected chi connectivity index (χ4v) is 3.94. The summed E-state index contributed by atoms with van der Waals surface area (Å²) >= 11 is 2.16. The first kappa shape index (κ1) is 19.5. The van der Waals surface area contributed by atoms with Gasteiger partial charge in [-0.3, -0.25) is 9.69 Å². The van der Waals surface area contributed by atoms with Gasteiger partial charge in [-0.1, -0.05) is 6.07 Å². The monoisotopic (exact) mass is 446 g/mol. The molecule has 0 aromatic heterocycles. The Morgan fingerprint density at radius 2 is 1.96 bits per heavy atom. The summed E-state index contributed by atoms with van der Waals surface area (Å²) < 4.78 is 11.9. The molecule has 134 valence electrons. The number of rotatable bonds is 5. The van der Waals surface area contributed by atoms with Gasteiger partial charge in [-0.25, -0.2) is 0 Å². The summed E-state index contributed by atoms with van der Waals surface area (Å²) in [6.45, 7) is 10.2. The summed E-state index contributed by atoms with van der Waals surface area (Å²) in [6, 6.07) is 5.81. The Kier molecular flexibility index (Phi) is 6.88. The molecule has 2 rings (SSSR count). The van der Waals surface area contributed by atoms with Crippen molar-refractivity contribution < 1.29 is 14.3 Å². The molecule has 1 aliphatic heterocycles. The highest BCUT2D eigenvalue weighted by molar-refractivity contribution is 14.1. The summed E-state index contributed by atoms with van der Waals surface area (Å²) in [5, 5.41) is 3.13. The molecule has 1 heterocycles. The van der Waals surface area contributed by atoms with Crippen LogP contribution in [0, 0.1) is 3.57 Å². The lowest BCUT2D eigenvalue weighted by atomic mass is 10.1. The van der Waals surface area contributed by atoms with Crippen molar-refractivity contribution in [3.8, 4) is 5.75 Å². The third-order valence-corrected chi connectivity index (χ3v) is 5.65. The van der Waals surface area contributed by atoms with Gasteiger partial charge in [0.25, 0.3) is 5.91 Å². The smallest absolute Gasteiger partial charge is 0.252 e. The maximum atomic E-state index is 12.6. The maximum absolute atomic E-state index is 12.6. The summed E-state index contributed by atoms with van der Waals surface area (Å²) in [5.41, 5.74) is 0.651. The number of ether oxygens (including phenoxy) is 2. The fourth-order valence-electron chi connectivity index (χ4n) is 3.12. The molecule has 1 aromatic rings. The Morgan fingerprint density at radius 3 is 2.54 bits per heavy atom. The molecule has 1 N–H and O–H groups in total. The predicted molar refractivity (Wildman–Crippen MR) is 104 cm³/mol. The van der Waals surface area contributed by atoms with E-state index in [0.717, 1.165) is 22.4 Å². The zero-order chi connectivity index (χ0) is 17.9. The quantitative estimate of drug-likeness (QED) is 0.707. The van der Waals surface area contributed by atoms with Gasteiger partial charge in [0.1, 0.15) is 5.75 Å². The van der Waals surface area contributed by atoms with Crippen molar-refractivity contribution in [2.45, 2.75) is 52.0 Å². The van der Waals surface area contributed by atoms with Crippen LogP contribution >= 0.6 is 22.6 Å². The van der Waals surface area contributed by atoms with Crippen LogP contribution in [0.3, 0.4) is 0 Å². The van der Waals surface area contributed by atoms with E-state index in [1.165, 1.54) is 0 Å². The van der Waals surface area contributed by atoms with Crippen molar-refractivity contribution in [3.63, 3.8) is 0 Å². The van der Waals surface area contributed by atoms with Gasteiger partial charge in [0.15, 0.2) is 0 Å². The number of hydrogen-bond acceptors (Lipinski definition) is 4. The molecule has 0 spiro atoms. The van der Waals surface area contributed by atoms with Gasteiger partial charge >= 0.3 is 0 Å². The third-order valence-electron chi connectivity index (χ3n) is 4.53. The lowest BCUT2D eigenvalue weighted by Gasteiger charge is -2.41. The van der Waals surface area contributed by atoms with Crippen LogP contribution in [0.1, 0.15) is 38.1 Å². The second kappa shape index (κ2) is 8.49. The van der Waals surface area contributed by atoms with Gasteiger partial charge in [-0.15, -0.1) is 0 Å². The molecule has 1 fully saturated rings. The van der Waals surface area contributed by atoms with E-state index in [-0.39, 0.29) is 30.2 Å². The zero-order valence-corrected chi connectivity index (χ0v) is 17.2. The maximum Gasteiger partial charge on any atom is 0.252 e. The summed E-state index contributed by atoms with van der Waals surface area (Å²) in [7, 11) is 1.62. The van der Waals surface area contributed by atoms with Gasteiger partial charge < -0.3 is 14.8 Å². The second-order valence-corrected chi connectivity index (χ2v) is 7.61. The summed E-state index contributed by atoms with van der Waals surface area (Å²) in [5.74, 6) is 0.659. The van der Waals surface area contributed by atoms with Crippen LogP contribution in [0.5, 0.6) is 5.75 Å². The fraction of sp³-hybridized carbons (Fsp3) is 0.611. The molecule has 5 nitrogen and oxygen atoms in total. The first-order valence-corrected chi connectivity index (χ1v) is 9.44. The molecular weight excluding hydrogens is 419 g/mol. The van der Waals surface area contributed by atoms with Crippen molar-refractivity contribution in [2.75, 3.05) is 20.2 Å². The SMILES string of the molecule is COc1cccc(C(=O)NC(C)C(C)N2C[C@@H](C)O[C@@H](C)C2)c1I. The molecule has 0 bridgehead atoms. The first-order valence-electron chi connectivity index (χ1n) is 8.36. The molecule has 1 saturated heterocycles. The van der Waals surface area contributed by atoms with Gasteiger partial charge in [0, 0.05) is 25.2 Å². The van der Waals surface area contributed by atoms with E-state index >= 15 is 0 Å². The van der Waals surface area contributed by atoms with Gasteiger partial charge in [0.2, 0.25) is 0 Å². The Balaban J connectivity index is 2.03. The highest BCUT2D eigenvalue weighted by atomic mass is 127. The van der Waals surface area contributed by atoms with E-state index in [4.69, 9.17) is 9.47 Å². The van der Waals surface area contributed by atoms with E-state index < -0.39 is 0 Å². The Labute approximate surface area is 158 Å². The molecule has 2 unspecified atom stereocenters. The molecule has 0 radical (unpaired) electrons. The predicted octanol–water partition coefficient (Wildman–Crippen LogP) is 2.92. The molecule has 1 amide bonds. The van der Waals surface area contributed by atoms with Gasteiger partial charge in [-0.2, -0.15) is 0 Å². The average Bonchev–Trinajstić information content (AvgIpc) is 2.53. The lowest BCUT2D eigenvalue weighted by Crippen LogP contribution is -2.55. The number of nitrogens with one attached hydrogen (secondary N) is 1. The number of amides is 1. The number of hydrogen-bond donors (Lipinski definition) is 1. The van der Waals surface area contributed by atoms with Crippen LogP contribution in [-0.2, 0) is 4.74 Å². The van der Waals surface area contributed by atoms with Crippen LogP contribution in [-0.4, -0.2) is 55.3 Å². The zero-order valence-electron chi connectivity index (χ0n) is 15.0. The number of carbonyl (C=O) groups is 1. The molecule has 1 aromatic carbocycles. The number of benzene rings is 1. The third kappa shape index (κ3) is 4.61. The summed E-state index contributed by atoms with van der Waals surface area (Å²) in [4.78, 5) is 15.0. The topological polar surface area (TPSA) is 50.8 Å². The standard InChI is InChI=1S/C18H27IN2O3/c1-11-9-21(10-12(2)24-11)14(4)13(3)20-18(22)15-7-6-8-16(23-5)17(15)19/h6-8,11-14H,9-10H2,1-5H3,(H,20,22)/t11-,12+,13?,14?. The lowest BCUT2D eigenvalue weighted by molar-refractivity contribution is -0.0810. The van der Waals surface area contributed by atoms with E-state index in [2.05, 4.69) is 60.5 Å². The Hall–Kier alpha value is -0.860. The van der Waals surface area contributed by atoms with Crippen LogP contribution in [0.2, 0.25) is 0 Å². The largest absolute Gasteiger partial charge is 0.496 e. The van der Waals surface area contributed by atoms with Crippen LogP contribution < -0.4 is 10.1 Å². The number of halogens is 1. The normalized spacial score (nSPS) is 24.2. The molecule has 24 heavy (non-hydrogen) atoms. The highest BCUT2D eigenvalue weighted by Crippen LogP contribution is 2.24. The molecule has 0 aliphatic carbocycles. The molecular formula is C18H27IN2O3. The Bertz CT molecular complexity index is 571. The molecule has 0 saturated carbocycles.